The van der Waals surface area contributed by atoms with E-state index in [0.717, 1.165) is 4.21 Å². The minimum Gasteiger partial charge on any atom is -0.223 e. The zero-order valence-corrected chi connectivity index (χ0v) is 11.1. The Balaban J connectivity index is 3.31. The number of hydrogen-bond acceptors (Lipinski definition) is 4. The molecule has 0 fully saturated rings. The SMILES string of the molecule is CSc1sccc1S(=O)(=O)C(C)(C)C. The third-order valence-electron chi connectivity index (χ3n) is 1.88. The van der Waals surface area contributed by atoms with Crippen LogP contribution < -0.4 is 0 Å². The zero-order chi connectivity index (χ0) is 11.0. The first-order chi connectivity index (χ1) is 6.30. The summed E-state index contributed by atoms with van der Waals surface area (Å²) >= 11 is 2.96. The molecule has 0 N–H and O–H groups in total. The van der Waals surface area contributed by atoms with E-state index >= 15 is 0 Å². The van der Waals surface area contributed by atoms with Crippen molar-refractivity contribution < 1.29 is 8.42 Å². The average Bonchev–Trinajstić information content (AvgIpc) is 2.49. The molecule has 0 saturated heterocycles. The average molecular weight is 250 g/mol. The van der Waals surface area contributed by atoms with Crippen LogP contribution in [-0.2, 0) is 9.84 Å². The Labute approximate surface area is 93.6 Å². The highest BCUT2D eigenvalue weighted by Crippen LogP contribution is 2.35. The van der Waals surface area contributed by atoms with Crippen LogP contribution in [0.1, 0.15) is 20.8 Å². The second-order valence-corrected chi connectivity index (χ2v) is 8.55. The van der Waals surface area contributed by atoms with Crippen molar-refractivity contribution in [1.82, 2.24) is 0 Å². The number of sulfone groups is 1. The van der Waals surface area contributed by atoms with Gasteiger partial charge in [0.1, 0.15) is 0 Å². The van der Waals surface area contributed by atoms with Crippen molar-refractivity contribution in [2.75, 3.05) is 6.26 Å². The molecule has 1 rings (SSSR count). The lowest BCUT2D eigenvalue weighted by molar-refractivity contribution is 0.559. The van der Waals surface area contributed by atoms with Crippen LogP contribution in [0.25, 0.3) is 0 Å². The van der Waals surface area contributed by atoms with Crippen LogP contribution >= 0.6 is 23.1 Å². The van der Waals surface area contributed by atoms with E-state index in [1.807, 2.05) is 11.6 Å². The van der Waals surface area contributed by atoms with Crippen molar-refractivity contribution in [3.63, 3.8) is 0 Å². The molecule has 0 aliphatic carbocycles. The third kappa shape index (κ3) is 1.99. The maximum absolute atomic E-state index is 12.1. The molecular weight excluding hydrogens is 236 g/mol. The van der Waals surface area contributed by atoms with Crippen molar-refractivity contribution in [2.24, 2.45) is 0 Å². The summed E-state index contributed by atoms with van der Waals surface area (Å²) in [7, 11) is -3.19. The van der Waals surface area contributed by atoms with E-state index in [1.165, 1.54) is 23.1 Å². The first kappa shape index (κ1) is 12.1. The lowest BCUT2D eigenvalue weighted by Crippen LogP contribution is -2.27. The Morgan fingerprint density at radius 2 is 1.93 bits per heavy atom. The molecule has 1 aromatic heterocycles. The predicted molar refractivity (Wildman–Crippen MR) is 63.0 cm³/mol. The molecule has 0 unspecified atom stereocenters. The molecule has 0 saturated carbocycles. The molecule has 14 heavy (non-hydrogen) atoms. The van der Waals surface area contributed by atoms with Crippen molar-refractivity contribution in [3.05, 3.63) is 11.4 Å². The standard InChI is InChI=1S/C9H14O2S3/c1-9(2,3)14(10,11)7-5-6-13-8(7)12-4/h5-6H,1-4H3. The summed E-state index contributed by atoms with van der Waals surface area (Å²) in [6.45, 7) is 5.18. The molecule has 0 amide bonds. The van der Waals surface area contributed by atoms with Gasteiger partial charge in [-0.2, -0.15) is 0 Å². The van der Waals surface area contributed by atoms with Gasteiger partial charge in [-0.3, -0.25) is 0 Å². The Bertz CT molecular complexity index is 410. The fourth-order valence-corrected chi connectivity index (χ4v) is 4.56. The first-order valence-electron chi connectivity index (χ1n) is 4.17. The molecule has 0 bridgehead atoms. The summed E-state index contributed by atoms with van der Waals surface area (Å²) < 4.78 is 24.3. The molecular formula is C9H14O2S3. The molecule has 0 aromatic carbocycles. The van der Waals surface area contributed by atoms with Crippen molar-refractivity contribution in [3.8, 4) is 0 Å². The number of rotatable bonds is 2. The molecule has 0 atom stereocenters. The summed E-state index contributed by atoms with van der Waals surface area (Å²) in [6, 6.07) is 1.69. The summed E-state index contributed by atoms with van der Waals surface area (Å²) in [5, 5.41) is 1.82. The van der Waals surface area contributed by atoms with Crippen molar-refractivity contribution >= 4 is 32.9 Å². The van der Waals surface area contributed by atoms with Gasteiger partial charge in [-0.15, -0.1) is 23.1 Å². The first-order valence-corrected chi connectivity index (χ1v) is 7.75. The highest BCUT2D eigenvalue weighted by molar-refractivity contribution is 8.01. The molecule has 0 aliphatic heterocycles. The third-order valence-corrected chi connectivity index (χ3v) is 6.75. The Hall–Kier alpha value is -0.000000000000000111. The van der Waals surface area contributed by atoms with Crippen LogP contribution in [0.4, 0.5) is 0 Å². The monoisotopic (exact) mass is 250 g/mol. The zero-order valence-electron chi connectivity index (χ0n) is 8.70. The van der Waals surface area contributed by atoms with E-state index in [0.29, 0.717) is 4.90 Å². The summed E-state index contributed by atoms with van der Waals surface area (Å²) in [5.41, 5.74) is 0. The minimum atomic E-state index is -3.19. The van der Waals surface area contributed by atoms with Crippen LogP contribution in [0.5, 0.6) is 0 Å². The normalized spacial score (nSPS) is 13.1. The smallest absolute Gasteiger partial charge is 0.185 e. The molecule has 0 radical (unpaired) electrons. The number of hydrogen-bond donors (Lipinski definition) is 0. The largest absolute Gasteiger partial charge is 0.223 e. The lowest BCUT2D eigenvalue weighted by Gasteiger charge is -2.18. The van der Waals surface area contributed by atoms with Crippen LogP contribution in [0, 0.1) is 0 Å². The molecule has 0 spiro atoms. The van der Waals surface area contributed by atoms with Crippen LogP contribution in [-0.4, -0.2) is 19.4 Å². The van der Waals surface area contributed by atoms with E-state index in [1.54, 1.807) is 26.8 Å². The highest BCUT2D eigenvalue weighted by Gasteiger charge is 2.33. The Morgan fingerprint density at radius 3 is 2.36 bits per heavy atom. The number of thioether (sulfide) groups is 1. The van der Waals surface area contributed by atoms with E-state index in [9.17, 15) is 8.42 Å². The quantitative estimate of drug-likeness (QED) is 0.757. The van der Waals surface area contributed by atoms with Crippen molar-refractivity contribution in [2.45, 2.75) is 34.6 Å². The number of thiophene rings is 1. The second-order valence-electron chi connectivity index (χ2n) is 3.89. The lowest BCUT2D eigenvalue weighted by atomic mass is 10.3. The summed E-state index contributed by atoms with van der Waals surface area (Å²) in [6.07, 6.45) is 1.90. The molecule has 80 valence electrons. The fraction of sp³-hybridized carbons (Fsp3) is 0.556. The van der Waals surface area contributed by atoms with E-state index < -0.39 is 14.6 Å². The van der Waals surface area contributed by atoms with Gasteiger partial charge in [0, 0.05) is 0 Å². The van der Waals surface area contributed by atoms with E-state index in [-0.39, 0.29) is 0 Å². The minimum absolute atomic E-state index is 0.475. The van der Waals surface area contributed by atoms with Gasteiger partial charge in [-0.1, -0.05) is 0 Å². The molecule has 1 heterocycles. The van der Waals surface area contributed by atoms with Gasteiger partial charge in [-0.25, -0.2) is 8.42 Å². The summed E-state index contributed by atoms with van der Waals surface area (Å²) in [5.74, 6) is 0. The molecule has 0 aliphatic rings. The van der Waals surface area contributed by atoms with Gasteiger partial charge in [0.05, 0.1) is 13.9 Å². The highest BCUT2D eigenvalue weighted by atomic mass is 32.2. The Morgan fingerprint density at radius 1 is 1.36 bits per heavy atom. The van der Waals surface area contributed by atoms with E-state index in [2.05, 4.69) is 0 Å². The molecule has 5 heteroatoms. The van der Waals surface area contributed by atoms with Gasteiger partial charge in [0.25, 0.3) is 0 Å². The van der Waals surface area contributed by atoms with Gasteiger partial charge in [0.15, 0.2) is 9.84 Å². The van der Waals surface area contributed by atoms with Gasteiger partial charge >= 0.3 is 0 Å². The van der Waals surface area contributed by atoms with Crippen LogP contribution in [0.2, 0.25) is 0 Å². The second kappa shape index (κ2) is 3.87. The van der Waals surface area contributed by atoms with Crippen LogP contribution in [0.3, 0.4) is 0 Å². The molecule has 2 nitrogen and oxygen atoms in total. The van der Waals surface area contributed by atoms with Crippen LogP contribution in [0.15, 0.2) is 20.6 Å². The topological polar surface area (TPSA) is 34.1 Å². The van der Waals surface area contributed by atoms with E-state index in [4.69, 9.17) is 0 Å². The predicted octanol–water partition coefficient (Wildman–Crippen LogP) is 3.04. The van der Waals surface area contributed by atoms with Gasteiger partial charge < -0.3 is 0 Å². The molecule has 1 aromatic rings. The van der Waals surface area contributed by atoms with Gasteiger partial charge in [0.2, 0.25) is 0 Å². The maximum Gasteiger partial charge on any atom is 0.185 e. The summed E-state index contributed by atoms with van der Waals surface area (Å²) in [4.78, 5) is 0.475. The maximum atomic E-state index is 12.1. The van der Waals surface area contributed by atoms with Crippen molar-refractivity contribution in [1.29, 1.82) is 0 Å². The van der Waals surface area contributed by atoms with Gasteiger partial charge in [-0.05, 0) is 38.5 Å². The fourth-order valence-electron chi connectivity index (χ4n) is 0.962. The Kier molecular flexibility index (Phi) is 3.33.